The minimum atomic E-state index is 0.143. The van der Waals surface area contributed by atoms with Crippen LogP contribution in [0.2, 0.25) is 0 Å². The van der Waals surface area contributed by atoms with Gasteiger partial charge in [0.05, 0.1) is 0 Å². The van der Waals surface area contributed by atoms with Crippen LogP contribution >= 0.6 is 11.3 Å². The first kappa shape index (κ1) is 14.7. The van der Waals surface area contributed by atoms with Crippen LogP contribution in [0.4, 0.5) is 0 Å². The third-order valence-electron chi connectivity index (χ3n) is 4.07. The summed E-state index contributed by atoms with van der Waals surface area (Å²) in [5, 5.41) is 24.0. The molecule has 112 valence electrons. The quantitative estimate of drug-likeness (QED) is 0.690. The highest BCUT2D eigenvalue weighted by molar-refractivity contribution is 7.08. The van der Waals surface area contributed by atoms with Gasteiger partial charge in [0.2, 0.25) is 0 Å². The Bertz CT molecular complexity index is 791. The molecule has 22 heavy (non-hydrogen) atoms. The van der Waals surface area contributed by atoms with E-state index in [-0.39, 0.29) is 5.92 Å². The zero-order valence-corrected chi connectivity index (χ0v) is 13.4. The first-order chi connectivity index (χ1) is 10.6. The normalized spacial score (nSPS) is 12.3. The zero-order chi connectivity index (χ0) is 15.7. The van der Waals surface area contributed by atoms with Crippen molar-refractivity contribution in [3.8, 4) is 22.6 Å². The topological polar surface area (TPSA) is 40.5 Å². The monoisotopic (exact) mass is 310 g/mol. The lowest BCUT2D eigenvalue weighted by Gasteiger charge is -2.14. The molecule has 0 spiro atoms. The number of rotatable bonds is 3. The number of phenolic OH excluding ortho intramolecular Hbond substituents is 2. The number of phenols is 2. The summed E-state index contributed by atoms with van der Waals surface area (Å²) in [5.41, 5.74) is 5.05. The van der Waals surface area contributed by atoms with Gasteiger partial charge >= 0.3 is 0 Å². The van der Waals surface area contributed by atoms with E-state index in [9.17, 15) is 10.2 Å². The molecule has 0 aliphatic heterocycles. The molecule has 0 amide bonds. The third-order valence-corrected chi connectivity index (χ3v) is 4.77. The molecule has 1 unspecified atom stereocenters. The predicted molar refractivity (Wildman–Crippen MR) is 91.8 cm³/mol. The molecule has 2 N–H and O–H groups in total. The fraction of sp³-hybridized carbons (Fsp3) is 0.158. The van der Waals surface area contributed by atoms with Gasteiger partial charge in [0.25, 0.3) is 0 Å². The standard InChI is InChI=1S/C19H18O2S/c1-12-9-14(3-5-18(12)20)15-4-6-19(21)17(10-15)13(2)16-7-8-22-11-16/h3-11,13,20-21H,1-2H3. The highest BCUT2D eigenvalue weighted by atomic mass is 32.1. The van der Waals surface area contributed by atoms with Crippen LogP contribution in [0.5, 0.6) is 11.5 Å². The van der Waals surface area contributed by atoms with E-state index in [1.165, 1.54) is 5.56 Å². The first-order valence-electron chi connectivity index (χ1n) is 7.21. The van der Waals surface area contributed by atoms with Gasteiger partial charge in [-0.1, -0.05) is 19.1 Å². The average molecular weight is 310 g/mol. The van der Waals surface area contributed by atoms with Gasteiger partial charge in [-0.2, -0.15) is 11.3 Å². The Labute approximate surface area is 134 Å². The SMILES string of the molecule is Cc1cc(-c2ccc(O)c(C(C)c3ccsc3)c2)ccc1O. The molecule has 1 atom stereocenters. The largest absolute Gasteiger partial charge is 0.508 e. The second-order valence-electron chi connectivity index (χ2n) is 5.55. The van der Waals surface area contributed by atoms with Crippen molar-refractivity contribution in [2.75, 3.05) is 0 Å². The van der Waals surface area contributed by atoms with E-state index in [4.69, 9.17) is 0 Å². The van der Waals surface area contributed by atoms with Crippen LogP contribution in [-0.2, 0) is 0 Å². The molecular formula is C19H18O2S. The molecule has 0 saturated heterocycles. The molecule has 0 saturated carbocycles. The number of thiophene rings is 1. The molecule has 3 aromatic rings. The molecule has 0 bridgehead atoms. The summed E-state index contributed by atoms with van der Waals surface area (Å²) in [4.78, 5) is 0. The van der Waals surface area contributed by atoms with Gasteiger partial charge in [0, 0.05) is 11.5 Å². The Hall–Kier alpha value is -2.26. The first-order valence-corrected chi connectivity index (χ1v) is 8.15. The zero-order valence-electron chi connectivity index (χ0n) is 12.6. The minimum Gasteiger partial charge on any atom is -0.508 e. The Morgan fingerprint density at radius 2 is 1.59 bits per heavy atom. The van der Waals surface area contributed by atoms with Crippen LogP contribution in [0.15, 0.2) is 53.2 Å². The van der Waals surface area contributed by atoms with Crippen molar-refractivity contribution in [2.24, 2.45) is 0 Å². The molecule has 0 aliphatic carbocycles. The number of aromatic hydroxyl groups is 2. The van der Waals surface area contributed by atoms with Gasteiger partial charge in [-0.05, 0) is 70.3 Å². The fourth-order valence-electron chi connectivity index (χ4n) is 2.62. The maximum atomic E-state index is 10.2. The lowest BCUT2D eigenvalue weighted by Crippen LogP contribution is -1.95. The summed E-state index contributed by atoms with van der Waals surface area (Å²) in [5.74, 6) is 0.761. The summed E-state index contributed by atoms with van der Waals surface area (Å²) in [6, 6.07) is 13.3. The summed E-state index contributed by atoms with van der Waals surface area (Å²) in [7, 11) is 0. The number of hydrogen-bond donors (Lipinski definition) is 2. The van der Waals surface area contributed by atoms with Crippen LogP contribution in [0.3, 0.4) is 0 Å². The van der Waals surface area contributed by atoms with Gasteiger partial charge < -0.3 is 10.2 Å². The van der Waals surface area contributed by atoms with Crippen LogP contribution < -0.4 is 0 Å². The predicted octanol–water partition coefficient (Wildman–Crippen LogP) is 5.29. The second-order valence-corrected chi connectivity index (χ2v) is 6.33. The van der Waals surface area contributed by atoms with Crippen molar-refractivity contribution in [1.82, 2.24) is 0 Å². The van der Waals surface area contributed by atoms with Crippen LogP contribution in [0, 0.1) is 6.92 Å². The summed E-state index contributed by atoms with van der Waals surface area (Å²) >= 11 is 1.66. The number of benzene rings is 2. The molecule has 2 nitrogen and oxygen atoms in total. The van der Waals surface area contributed by atoms with E-state index in [1.54, 1.807) is 23.5 Å². The van der Waals surface area contributed by atoms with E-state index < -0.39 is 0 Å². The minimum absolute atomic E-state index is 0.143. The third kappa shape index (κ3) is 2.72. The van der Waals surface area contributed by atoms with Crippen LogP contribution in [-0.4, -0.2) is 10.2 Å². The van der Waals surface area contributed by atoms with Gasteiger partial charge in [-0.15, -0.1) is 0 Å². The fourth-order valence-corrected chi connectivity index (χ4v) is 3.37. The highest BCUT2D eigenvalue weighted by Gasteiger charge is 2.14. The molecular weight excluding hydrogens is 292 g/mol. The van der Waals surface area contributed by atoms with Crippen molar-refractivity contribution < 1.29 is 10.2 Å². The summed E-state index contributed by atoms with van der Waals surface area (Å²) in [6.45, 7) is 3.98. The van der Waals surface area contributed by atoms with E-state index in [0.29, 0.717) is 11.5 Å². The van der Waals surface area contributed by atoms with E-state index in [0.717, 1.165) is 22.3 Å². The van der Waals surface area contributed by atoms with E-state index >= 15 is 0 Å². The molecule has 0 radical (unpaired) electrons. The van der Waals surface area contributed by atoms with Crippen molar-refractivity contribution >= 4 is 11.3 Å². The average Bonchev–Trinajstić information content (AvgIpc) is 3.04. The molecule has 0 aliphatic rings. The van der Waals surface area contributed by atoms with Crippen LogP contribution in [0.25, 0.3) is 11.1 Å². The number of aryl methyl sites for hydroxylation is 1. The Morgan fingerprint density at radius 1 is 0.909 bits per heavy atom. The Balaban J connectivity index is 2.04. The lowest BCUT2D eigenvalue weighted by atomic mass is 9.91. The van der Waals surface area contributed by atoms with E-state index in [1.807, 2.05) is 31.2 Å². The molecule has 3 heteroatoms. The van der Waals surface area contributed by atoms with Crippen molar-refractivity contribution in [1.29, 1.82) is 0 Å². The van der Waals surface area contributed by atoms with Crippen molar-refractivity contribution in [3.63, 3.8) is 0 Å². The maximum Gasteiger partial charge on any atom is 0.119 e. The summed E-state index contributed by atoms with van der Waals surface area (Å²) < 4.78 is 0. The van der Waals surface area contributed by atoms with Crippen molar-refractivity contribution in [3.05, 3.63) is 69.9 Å². The van der Waals surface area contributed by atoms with Gasteiger partial charge in [0.1, 0.15) is 11.5 Å². The van der Waals surface area contributed by atoms with Gasteiger partial charge in [-0.3, -0.25) is 0 Å². The number of hydrogen-bond acceptors (Lipinski definition) is 3. The molecule has 3 rings (SSSR count). The molecule has 1 aromatic heterocycles. The van der Waals surface area contributed by atoms with E-state index in [2.05, 4.69) is 23.8 Å². The highest BCUT2D eigenvalue weighted by Crippen LogP contribution is 2.35. The van der Waals surface area contributed by atoms with Crippen molar-refractivity contribution in [2.45, 2.75) is 19.8 Å². The van der Waals surface area contributed by atoms with Gasteiger partial charge in [0.15, 0.2) is 0 Å². The maximum absolute atomic E-state index is 10.2. The Kier molecular flexibility index (Phi) is 3.90. The second kappa shape index (κ2) is 5.85. The van der Waals surface area contributed by atoms with Gasteiger partial charge in [-0.25, -0.2) is 0 Å². The summed E-state index contributed by atoms with van der Waals surface area (Å²) in [6.07, 6.45) is 0. The smallest absolute Gasteiger partial charge is 0.119 e. The Morgan fingerprint density at radius 3 is 2.23 bits per heavy atom. The molecule has 0 fully saturated rings. The molecule has 2 aromatic carbocycles. The van der Waals surface area contributed by atoms with Crippen LogP contribution in [0.1, 0.15) is 29.5 Å². The molecule has 1 heterocycles. The lowest BCUT2D eigenvalue weighted by molar-refractivity contribution is 0.466.